The van der Waals surface area contributed by atoms with Gasteiger partial charge < -0.3 is 10.4 Å². The summed E-state index contributed by atoms with van der Waals surface area (Å²) in [6, 6.07) is 17.0. The van der Waals surface area contributed by atoms with Gasteiger partial charge in [0.25, 0.3) is 0 Å². The van der Waals surface area contributed by atoms with Crippen molar-refractivity contribution in [3.63, 3.8) is 0 Å². The third kappa shape index (κ3) is 4.62. The molecule has 0 radical (unpaired) electrons. The minimum Gasteiger partial charge on any atom is -0.480 e. The van der Waals surface area contributed by atoms with Crippen LogP contribution >= 0.6 is 0 Å². The van der Waals surface area contributed by atoms with Crippen molar-refractivity contribution in [1.82, 2.24) is 30.9 Å². The van der Waals surface area contributed by atoms with Crippen molar-refractivity contribution in [2.24, 2.45) is 11.3 Å². The van der Waals surface area contributed by atoms with Crippen LogP contribution in [-0.4, -0.2) is 48.6 Å². The molecule has 2 heterocycles. The molecule has 35 heavy (non-hydrogen) atoms. The second-order valence-corrected chi connectivity index (χ2v) is 9.53. The van der Waals surface area contributed by atoms with Gasteiger partial charge in [0, 0.05) is 16.5 Å². The maximum absolute atomic E-state index is 12.9. The number of rotatable bonds is 8. The Morgan fingerprint density at radius 3 is 2.43 bits per heavy atom. The molecule has 3 N–H and O–H groups in total. The van der Waals surface area contributed by atoms with Crippen LogP contribution in [0.3, 0.4) is 0 Å². The van der Waals surface area contributed by atoms with Crippen LogP contribution in [0.15, 0.2) is 54.6 Å². The van der Waals surface area contributed by atoms with Gasteiger partial charge in [-0.05, 0) is 54.2 Å². The number of carbonyl (C=O) groups excluding carboxylic acids is 1. The molecule has 178 valence electrons. The Kier molecular flexibility index (Phi) is 5.76. The Bertz CT molecular complexity index is 1380. The number of carboxylic acid groups (broad SMARTS) is 1. The molecule has 2 aromatic heterocycles. The SMILES string of the molecule is CC(C)C(NC(=O)C1(Cc2ccc3nc(-c4ccc(-c5nn[nH]n5)cc4)ccc3c2)CC1)C(=O)O. The molecule has 9 heteroatoms. The van der Waals surface area contributed by atoms with Gasteiger partial charge in [0.2, 0.25) is 11.7 Å². The number of nitrogens with zero attached hydrogens (tertiary/aromatic N) is 4. The number of nitrogens with one attached hydrogen (secondary N) is 2. The standard InChI is InChI=1S/C26H26N6O3/c1-15(2)22(24(33)34)28-25(35)26(11-12-26)14-16-3-9-21-19(13-16)8-10-20(27-21)17-4-6-18(7-5-17)23-29-31-32-30-23/h3-10,13,15,22H,11-12,14H2,1-2H3,(H,28,35)(H,33,34)(H,29,30,31,32). The molecule has 1 saturated carbocycles. The molecule has 1 amide bonds. The number of benzene rings is 2. The zero-order valence-corrected chi connectivity index (χ0v) is 19.5. The van der Waals surface area contributed by atoms with Crippen molar-refractivity contribution in [2.45, 2.75) is 39.2 Å². The minimum atomic E-state index is -0.999. The fourth-order valence-electron chi connectivity index (χ4n) is 4.35. The van der Waals surface area contributed by atoms with Gasteiger partial charge in [-0.2, -0.15) is 5.21 Å². The number of aliphatic carboxylic acids is 1. The fraction of sp³-hybridized carbons (Fsp3) is 0.308. The molecule has 2 aromatic carbocycles. The smallest absolute Gasteiger partial charge is 0.326 e. The van der Waals surface area contributed by atoms with Crippen molar-refractivity contribution in [3.8, 4) is 22.6 Å². The summed E-state index contributed by atoms with van der Waals surface area (Å²) >= 11 is 0. The first-order valence-corrected chi connectivity index (χ1v) is 11.6. The number of carboxylic acids is 1. The van der Waals surface area contributed by atoms with Crippen molar-refractivity contribution in [3.05, 3.63) is 60.2 Å². The van der Waals surface area contributed by atoms with E-state index in [0.717, 1.165) is 46.1 Å². The van der Waals surface area contributed by atoms with E-state index >= 15 is 0 Å². The number of hydrogen-bond acceptors (Lipinski definition) is 6. The first-order valence-electron chi connectivity index (χ1n) is 11.6. The van der Waals surface area contributed by atoms with Crippen LogP contribution < -0.4 is 5.32 Å². The summed E-state index contributed by atoms with van der Waals surface area (Å²) in [5.41, 5.74) is 4.10. The lowest BCUT2D eigenvalue weighted by molar-refractivity contribution is -0.144. The number of carbonyl (C=O) groups is 2. The first kappa shape index (κ1) is 22.6. The number of H-pyrrole nitrogens is 1. The molecular weight excluding hydrogens is 444 g/mol. The van der Waals surface area contributed by atoms with E-state index in [-0.39, 0.29) is 11.8 Å². The van der Waals surface area contributed by atoms with Crippen LogP contribution in [0, 0.1) is 11.3 Å². The molecule has 0 bridgehead atoms. The van der Waals surface area contributed by atoms with E-state index in [1.807, 2.05) is 48.5 Å². The molecule has 1 aliphatic carbocycles. The van der Waals surface area contributed by atoms with Gasteiger partial charge in [0.1, 0.15) is 6.04 Å². The lowest BCUT2D eigenvalue weighted by Crippen LogP contribution is -2.47. The van der Waals surface area contributed by atoms with E-state index < -0.39 is 17.4 Å². The van der Waals surface area contributed by atoms with Gasteiger partial charge in [-0.25, -0.2) is 9.78 Å². The topological polar surface area (TPSA) is 134 Å². The summed E-state index contributed by atoms with van der Waals surface area (Å²) in [6.45, 7) is 3.59. The predicted octanol–water partition coefficient (Wildman–Crippen LogP) is 3.63. The number of hydrogen-bond donors (Lipinski definition) is 3. The Balaban J connectivity index is 1.32. The third-order valence-electron chi connectivity index (χ3n) is 6.63. The van der Waals surface area contributed by atoms with Crippen molar-refractivity contribution < 1.29 is 14.7 Å². The number of pyridine rings is 1. The van der Waals surface area contributed by atoms with Crippen LogP contribution in [0.4, 0.5) is 0 Å². The Labute approximate surface area is 202 Å². The Morgan fingerprint density at radius 2 is 1.80 bits per heavy atom. The van der Waals surface area contributed by atoms with Gasteiger partial charge >= 0.3 is 5.97 Å². The summed E-state index contributed by atoms with van der Waals surface area (Å²) < 4.78 is 0. The Morgan fingerprint density at radius 1 is 1.06 bits per heavy atom. The van der Waals surface area contributed by atoms with E-state index in [4.69, 9.17) is 4.98 Å². The highest BCUT2D eigenvalue weighted by Gasteiger charge is 2.50. The largest absolute Gasteiger partial charge is 0.480 e. The average Bonchev–Trinajstić information content (AvgIpc) is 3.42. The van der Waals surface area contributed by atoms with Gasteiger partial charge in [0.15, 0.2) is 0 Å². The normalized spacial score (nSPS) is 15.2. The molecule has 1 aliphatic rings. The van der Waals surface area contributed by atoms with Crippen molar-refractivity contribution >= 4 is 22.8 Å². The summed E-state index contributed by atoms with van der Waals surface area (Å²) in [5.74, 6) is -0.804. The number of aromatic nitrogens is 5. The molecule has 5 rings (SSSR count). The fourth-order valence-corrected chi connectivity index (χ4v) is 4.35. The van der Waals surface area contributed by atoms with E-state index in [1.54, 1.807) is 13.8 Å². The van der Waals surface area contributed by atoms with Crippen LogP contribution in [-0.2, 0) is 16.0 Å². The summed E-state index contributed by atoms with van der Waals surface area (Å²) in [7, 11) is 0. The molecule has 1 fully saturated rings. The molecule has 0 spiro atoms. The second-order valence-electron chi connectivity index (χ2n) is 9.53. The third-order valence-corrected chi connectivity index (χ3v) is 6.63. The van der Waals surface area contributed by atoms with E-state index in [9.17, 15) is 14.7 Å². The number of fused-ring (bicyclic) bond motifs is 1. The summed E-state index contributed by atoms with van der Waals surface area (Å²) in [6.07, 6.45) is 2.11. The Hall–Kier alpha value is -4.14. The molecule has 0 saturated heterocycles. The van der Waals surface area contributed by atoms with Gasteiger partial charge in [-0.15, -0.1) is 10.2 Å². The van der Waals surface area contributed by atoms with E-state index in [0.29, 0.717) is 12.2 Å². The molecule has 1 unspecified atom stereocenters. The predicted molar refractivity (Wildman–Crippen MR) is 130 cm³/mol. The lowest BCUT2D eigenvalue weighted by atomic mass is 9.93. The monoisotopic (exact) mass is 470 g/mol. The van der Waals surface area contributed by atoms with Crippen LogP contribution in [0.2, 0.25) is 0 Å². The van der Waals surface area contributed by atoms with E-state index in [1.165, 1.54) is 0 Å². The molecule has 9 nitrogen and oxygen atoms in total. The maximum Gasteiger partial charge on any atom is 0.326 e. The van der Waals surface area contributed by atoms with Crippen LogP contribution in [0.5, 0.6) is 0 Å². The van der Waals surface area contributed by atoms with Crippen molar-refractivity contribution in [1.29, 1.82) is 0 Å². The maximum atomic E-state index is 12.9. The first-order chi connectivity index (χ1) is 16.8. The highest BCUT2D eigenvalue weighted by molar-refractivity contribution is 5.90. The average molecular weight is 471 g/mol. The lowest BCUT2D eigenvalue weighted by Gasteiger charge is -2.22. The quantitative estimate of drug-likeness (QED) is 0.358. The van der Waals surface area contributed by atoms with Crippen LogP contribution in [0.25, 0.3) is 33.5 Å². The minimum absolute atomic E-state index is 0.170. The summed E-state index contributed by atoms with van der Waals surface area (Å²) in [5, 5.41) is 27.2. The van der Waals surface area contributed by atoms with Gasteiger partial charge in [-0.1, -0.05) is 50.2 Å². The number of amides is 1. The summed E-state index contributed by atoms with van der Waals surface area (Å²) in [4.78, 5) is 29.2. The molecule has 1 atom stereocenters. The zero-order valence-electron chi connectivity index (χ0n) is 19.5. The molecule has 4 aromatic rings. The highest BCUT2D eigenvalue weighted by Crippen LogP contribution is 2.49. The van der Waals surface area contributed by atoms with Crippen LogP contribution in [0.1, 0.15) is 32.3 Å². The zero-order chi connectivity index (χ0) is 24.6. The van der Waals surface area contributed by atoms with Gasteiger partial charge in [-0.3, -0.25) is 4.79 Å². The molecular formula is C26H26N6O3. The number of tetrazole rings is 1. The highest BCUT2D eigenvalue weighted by atomic mass is 16.4. The number of aromatic amines is 1. The van der Waals surface area contributed by atoms with E-state index in [2.05, 4.69) is 32.0 Å². The van der Waals surface area contributed by atoms with Gasteiger partial charge in [0.05, 0.1) is 16.6 Å². The van der Waals surface area contributed by atoms with Crippen molar-refractivity contribution in [2.75, 3.05) is 0 Å². The second kappa shape index (κ2) is 8.90. The molecule has 0 aliphatic heterocycles.